The van der Waals surface area contributed by atoms with Gasteiger partial charge in [-0.2, -0.15) is 4.31 Å². The monoisotopic (exact) mass is 318 g/mol. The van der Waals surface area contributed by atoms with Gasteiger partial charge in [0.1, 0.15) is 6.04 Å². The summed E-state index contributed by atoms with van der Waals surface area (Å²) in [6, 6.07) is -1.54. The normalized spacial score (nSPS) is 20.0. The van der Waals surface area contributed by atoms with Crippen molar-refractivity contribution in [2.45, 2.75) is 10.9 Å². The van der Waals surface area contributed by atoms with Crippen molar-refractivity contribution in [3.05, 3.63) is 27.0 Å². The van der Waals surface area contributed by atoms with E-state index in [0.29, 0.717) is 10.5 Å². The average Bonchev–Trinajstić information content (AvgIpc) is 2.37. The van der Waals surface area contributed by atoms with Crippen LogP contribution in [0.1, 0.15) is 0 Å². The summed E-state index contributed by atoms with van der Waals surface area (Å²) >= 11 is 0. The molecule has 0 bridgehead atoms. The number of aliphatic carboxylic acids is 1. The second-order valence-electron chi connectivity index (χ2n) is 4.14. The maximum absolute atomic E-state index is 12.3. The maximum atomic E-state index is 12.3. The van der Waals surface area contributed by atoms with Crippen molar-refractivity contribution in [1.82, 2.24) is 19.6 Å². The largest absolute Gasteiger partial charge is 0.480 e. The molecule has 2 heterocycles. The molecule has 11 nitrogen and oxygen atoms in total. The number of hydrogen-bond donors (Lipinski definition) is 4. The van der Waals surface area contributed by atoms with E-state index in [0.717, 1.165) is 0 Å². The van der Waals surface area contributed by atoms with Gasteiger partial charge in [-0.05, 0) is 0 Å². The minimum absolute atomic E-state index is 0.400. The van der Waals surface area contributed by atoms with Crippen molar-refractivity contribution in [2.75, 3.05) is 13.1 Å². The number of carbonyl (C=O) groups excluding carboxylic acids is 1. The Morgan fingerprint density at radius 3 is 2.57 bits per heavy atom. The van der Waals surface area contributed by atoms with E-state index in [-0.39, 0.29) is 0 Å². The van der Waals surface area contributed by atoms with E-state index in [2.05, 4.69) is 5.32 Å². The fourth-order valence-electron chi connectivity index (χ4n) is 1.80. The number of amides is 1. The van der Waals surface area contributed by atoms with E-state index >= 15 is 0 Å². The first-order chi connectivity index (χ1) is 9.73. The molecule has 12 heteroatoms. The van der Waals surface area contributed by atoms with Crippen molar-refractivity contribution in [2.24, 2.45) is 0 Å². The van der Waals surface area contributed by atoms with Gasteiger partial charge in [-0.3, -0.25) is 19.4 Å². The molecule has 0 aromatic carbocycles. The maximum Gasteiger partial charge on any atom is 0.325 e. The third kappa shape index (κ3) is 2.71. The van der Waals surface area contributed by atoms with E-state index in [9.17, 15) is 27.6 Å². The van der Waals surface area contributed by atoms with Crippen LogP contribution in [0, 0.1) is 0 Å². The third-order valence-corrected chi connectivity index (χ3v) is 4.66. The highest BCUT2D eigenvalue weighted by molar-refractivity contribution is 7.89. The zero-order valence-electron chi connectivity index (χ0n) is 10.3. The van der Waals surface area contributed by atoms with E-state index in [1.165, 1.54) is 0 Å². The van der Waals surface area contributed by atoms with Crippen LogP contribution in [0.4, 0.5) is 0 Å². The first-order valence-electron chi connectivity index (χ1n) is 5.57. The number of sulfonamides is 1. The minimum Gasteiger partial charge on any atom is -0.480 e. The summed E-state index contributed by atoms with van der Waals surface area (Å²) in [5, 5.41) is 11.2. The quantitative estimate of drug-likeness (QED) is 0.451. The summed E-state index contributed by atoms with van der Waals surface area (Å²) in [4.78, 5) is 47.7. The molecule has 21 heavy (non-hydrogen) atoms. The highest BCUT2D eigenvalue weighted by Crippen LogP contribution is 2.16. The first-order valence-corrected chi connectivity index (χ1v) is 7.01. The molecule has 1 aromatic rings. The molecule has 2 rings (SSSR count). The molecule has 1 aliphatic rings. The Morgan fingerprint density at radius 2 is 2.00 bits per heavy atom. The smallest absolute Gasteiger partial charge is 0.325 e. The lowest BCUT2D eigenvalue weighted by molar-refractivity contribution is -0.143. The van der Waals surface area contributed by atoms with Crippen LogP contribution in [0.3, 0.4) is 0 Å². The van der Waals surface area contributed by atoms with Crippen molar-refractivity contribution in [3.8, 4) is 0 Å². The summed E-state index contributed by atoms with van der Waals surface area (Å²) in [6.07, 6.45) is 0.655. The molecule has 1 aliphatic heterocycles. The topological polar surface area (TPSA) is 169 Å². The molecular formula is C9H10N4O7S. The van der Waals surface area contributed by atoms with Crippen molar-refractivity contribution >= 4 is 21.9 Å². The molecule has 0 aliphatic carbocycles. The number of H-pyrrole nitrogens is 2. The molecule has 1 fully saturated rings. The fraction of sp³-hybridized carbons (Fsp3) is 0.333. The zero-order chi connectivity index (χ0) is 15.8. The molecule has 0 spiro atoms. The number of aromatic amines is 2. The number of carbonyl (C=O) groups is 2. The Bertz CT molecular complexity index is 808. The molecule has 1 saturated heterocycles. The molecule has 1 unspecified atom stereocenters. The van der Waals surface area contributed by atoms with Crippen LogP contribution in [0.25, 0.3) is 0 Å². The van der Waals surface area contributed by atoms with Gasteiger partial charge in [0.25, 0.3) is 15.6 Å². The lowest BCUT2D eigenvalue weighted by Crippen LogP contribution is -2.59. The Labute approximate surface area is 116 Å². The Kier molecular flexibility index (Phi) is 3.65. The van der Waals surface area contributed by atoms with Gasteiger partial charge in [0.2, 0.25) is 5.91 Å². The molecule has 1 aromatic heterocycles. The number of rotatable bonds is 3. The molecular weight excluding hydrogens is 308 g/mol. The van der Waals surface area contributed by atoms with Crippen LogP contribution >= 0.6 is 0 Å². The van der Waals surface area contributed by atoms with Gasteiger partial charge in [-0.15, -0.1) is 0 Å². The van der Waals surface area contributed by atoms with Crippen LogP contribution in [0.15, 0.2) is 20.7 Å². The Hall–Kier alpha value is -2.47. The molecule has 1 atom stereocenters. The first kappa shape index (κ1) is 14.9. The SMILES string of the molecule is O=C1CN(S(=O)(=O)c2c[nH]c(=O)[nH]c2=O)C(C(=O)O)CN1. The summed E-state index contributed by atoms with van der Waals surface area (Å²) in [7, 11) is -4.56. The number of aromatic nitrogens is 2. The lowest BCUT2D eigenvalue weighted by atomic mass is 10.2. The van der Waals surface area contributed by atoms with Gasteiger partial charge in [-0.25, -0.2) is 13.2 Å². The van der Waals surface area contributed by atoms with E-state index in [4.69, 9.17) is 5.11 Å². The van der Waals surface area contributed by atoms with Crippen molar-refractivity contribution in [1.29, 1.82) is 0 Å². The zero-order valence-corrected chi connectivity index (χ0v) is 11.1. The molecule has 1 amide bonds. The number of carboxylic acids is 1. The minimum atomic E-state index is -4.56. The second kappa shape index (κ2) is 5.14. The predicted molar refractivity (Wildman–Crippen MR) is 66.0 cm³/mol. The summed E-state index contributed by atoms with van der Waals surface area (Å²) < 4.78 is 25.0. The second-order valence-corrected chi connectivity index (χ2v) is 6.00. The lowest BCUT2D eigenvalue weighted by Gasteiger charge is -2.31. The number of nitrogens with one attached hydrogen (secondary N) is 3. The van der Waals surface area contributed by atoms with Crippen LogP contribution in [-0.2, 0) is 19.6 Å². The highest BCUT2D eigenvalue weighted by atomic mass is 32.2. The van der Waals surface area contributed by atoms with Crippen LogP contribution in [-0.4, -0.2) is 58.8 Å². The number of piperazine rings is 1. The Balaban J connectivity index is 2.54. The summed E-state index contributed by atoms with van der Waals surface area (Å²) in [6.45, 7) is -1.16. The molecule has 0 radical (unpaired) electrons. The van der Waals surface area contributed by atoms with E-state index in [1.807, 2.05) is 4.98 Å². The van der Waals surface area contributed by atoms with Gasteiger partial charge in [0, 0.05) is 12.7 Å². The average molecular weight is 318 g/mol. The fourth-order valence-corrected chi connectivity index (χ4v) is 3.33. The van der Waals surface area contributed by atoms with Crippen molar-refractivity contribution in [3.63, 3.8) is 0 Å². The summed E-state index contributed by atoms with van der Waals surface area (Å²) in [5.74, 6) is -2.17. The van der Waals surface area contributed by atoms with Crippen LogP contribution < -0.4 is 16.6 Å². The number of carboxylic acid groups (broad SMARTS) is 1. The highest BCUT2D eigenvalue weighted by Gasteiger charge is 2.41. The standard InChI is InChI=1S/C9H10N4O7S/c14-6-3-13(4(1-10-6)8(16)17)21(19,20)5-2-11-9(18)12-7(5)15/h2,4H,1,3H2,(H,10,14)(H,16,17)(H2,11,12,15,18). The van der Waals surface area contributed by atoms with E-state index < -0.39 is 57.2 Å². The predicted octanol–water partition coefficient (Wildman–Crippen LogP) is -3.36. The van der Waals surface area contributed by atoms with Crippen LogP contribution in [0.2, 0.25) is 0 Å². The number of hydrogen-bond acceptors (Lipinski definition) is 6. The molecule has 114 valence electrons. The van der Waals surface area contributed by atoms with Gasteiger partial charge < -0.3 is 15.4 Å². The van der Waals surface area contributed by atoms with E-state index in [1.54, 1.807) is 4.98 Å². The van der Waals surface area contributed by atoms with Crippen LogP contribution in [0.5, 0.6) is 0 Å². The Morgan fingerprint density at radius 1 is 1.33 bits per heavy atom. The van der Waals surface area contributed by atoms with Gasteiger partial charge >= 0.3 is 11.7 Å². The molecule has 0 saturated carbocycles. The summed E-state index contributed by atoms with van der Waals surface area (Å²) in [5.41, 5.74) is -2.11. The van der Waals surface area contributed by atoms with Gasteiger partial charge in [0.15, 0.2) is 4.90 Å². The molecule has 4 N–H and O–H groups in total. The van der Waals surface area contributed by atoms with Crippen molar-refractivity contribution < 1.29 is 23.1 Å². The third-order valence-electron chi connectivity index (χ3n) is 2.80. The number of nitrogens with zero attached hydrogens (tertiary/aromatic N) is 1. The van der Waals surface area contributed by atoms with Gasteiger partial charge in [0.05, 0.1) is 6.54 Å². The van der Waals surface area contributed by atoms with Gasteiger partial charge in [-0.1, -0.05) is 0 Å².